The Bertz CT molecular complexity index is 577. The fourth-order valence-electron chi connectivity index (χ4n) is 1.62. The number of rotatable bonds is 7. The van der Waals surface area contributed by atoms with Gasteiger partial charge in [0, 0.05) is 12.1 Å². The monoisotopic (exact) mass is 359 g/mol. The lowest BCUT2D eigenvalue weighted by Crippen LogP contribution is -2.38. The highest BCUT2D eigenvalue weighted by Crippen LogP contribution is 2.32. The number of nitro groups is 1. The molecular weight excluding hydrogens is 345 g/mol. The minimum atomic E-state index is -0.680. The Hall–Kier alpha value is -1.72. The van der Waals surface area contributed by atoms with Crippen molar-refractivity contribution in [2.45, 2.75) is 25.3 Å². The van der Waals surface area contributed by atoms with Gasteiger partial charge in [-0.3, -0.25) is 10.1 Å². The van der Waals surface area contributed by atoms with Gasteiger partial charge in [-0.2, -0.15) is 5.26 Å². The molecule has 1 aromatic rings. The molecule has 1 rings (SSSR count). The summed E-state index contributed by atoms with van der Waals surface area (Å²) >= 11 is 2.90. The molecule has 0 aliphatic heterocycles. The number of nitriles is 1. The summed E-state index contributed by atoms with van der Waals surface area (Å²) < 4.78 is 18.7. The summed E-state index contributed by atoms with van der Waals surface area (Å²) in [5, 5.41) is 22.8. The molecule has 1 atom stereocenters. The number of nitrogens with zero attached hydrogens (tertiary/aromatic N) is 2. The standard InChI is InChI=1S/C13H15BrFN3O3/c1-13(8-16,17-2)4-3-5-21-12-7-10(15)9(14)6-11(12)18(19)20/h6-7,17H,3-5H2,1-2H3. The fourth-order valence-corrected chi connectivity index (χ4v) is 1.95. The van der Waals surface area contributed by atoms with E-state index in [1.165, 1.54) is 0 Å². The summed E-state index contributed by atoms with van der Waals surface area (Å²) in [5.41, 5.74) is -0.986. The van der Waals surface area contributed by atoms with Gasteiger partial charge in [0.2, 0.25) is 0 Å². The average Bonchev–Trinajstić information content (AvgIpc) is 2.46. The van der Waals surface area contributed by atoms with Crippen molar-refractivity contribution in [3.05, 3.63) is 32.5 Å². The maximum absolute atomic E-state index is 13.4. The Labute approximate surface area is 130 Å². The molecule has 21 heavy (non-hydrogen) atoms. The Morgan fingerprint density at radius 2 is 2.29 bits per heavy atom. The van der Waals surface area contributed by atoms with Crippen LogP contribution in [0.1, 0.15) is 19.8 Å². The molecule has 8 heteroatoms. The first-order chi connectivity index (χ1) is 9.83. The van der Waals surface area contributed by atoms with E-state index in [0.717, 1.165) is 12.1 Å². The van der Waals surface area contributed by atoms with Crippen LogP contribution in [0.4, 0.5) is 10.1 Å². The van der Waals surface area contributed by atoms with E-state index in [1.54, 1.807) is 14.0 Å². The van der Waals surface area contributed by atoms with Crippen molar-refractivity contribution in [1.82, 2.24) is 5.32 Å². The zero-order chi connectivity index (χ0) is 16.0. The van der Waals surface area contributed by atoms with Gasteiger partial charge in [0.15, 0.2) is 5.75 Å². The number of ether oxygens (including phenoxy) is 1. The maximum atomic E-state index is 13.4. The van der Waals surface area contributed by atoms with Crippen LogP contribution in [-0.4, -0.2) is 24.1 Å². The van der Waals surface area contributed by atoms with Gasteiger partial charge in [-0.15, -0.1) is 0 Å². The molecule has 0 aromatic heterocycles. The van der Waals surface area contributed by atoms with Crippen molar-refractivity contribution >= 4 is 21.6 Å². The third-order valence-corrected chi connectivity index (χ3v) is 3.68. The van der Waals surface area contributed by atoms with E-state index in [2.05, 4.69) is 27.3 Å². The largest absolute Gasteiger partial charge is 0.487 e. The number of hydrogen-bond acceptors (Lipinski definition) is 5. The van der Waals surface area contributed by atoms with Gasteiger partial charge < -0.3 is 10.1 Å². The van der Waals surface area contributed by atoms with Gasteiger partial charge in [0.05, 0.1) is 22.1 Å². The highest BCUT2D eigenvalue weighted by Gasteiger charge is 2.22. The van der Waals surface area contributed by atoms with E-state index in [-0.39, 0.29) is 22.5 Å². The topological polar surface area (TPSA) is 88.2 Å². The van der Waals surface area contributed by atoms with E-state index < -0.39 is 16.3 Å². The quantitative estimate of drug-likeness (QED) is 0.458. The van der Waals surface area contributed by atoms with Crippen LogP contribution in [0.3, 0.4) is 0 Å². The molecule has 0 amide bonds. The number of hydrogen-bond donors (Lipinski definition) is 1. The van der Waals surface area contributed by atoms with Gasteiger partial charge in [0.25, 0.3) is 0 Å². The molecule has 1 aromatic carbocycles. The molecule has 1 N–H and O–H groups in total. The normalized spacial score (nSPS) is 13.3. The lowest BCUT2D eigenvalue weighted by Gasteiger charge is -2.20. The predicted octanol–water partition coefficient (Wildman–Crippen LogP) is 3.16. The fraction of sp³-hybridized carbons (Fsp3) is 0.462. The molecule has 6 nitrogen and oxygen atoms in total. The van der Waals surface area contributed by atoms with Crippen LogP contribution in [0, 0.1) is 27.3 Å². The van der Waals surface area contributed by atoms with Gasteiger partial charge in [-0.25, -0.2) is 4.39 Å². The maximum Gasteiger partial charge on any atom is 0.312 e. The third-order valence-electron chi connectivity index (χ3n) is 3.08. The second kappa shape index (κ2) is 7.33. The minimum absolute atomic E-state index is 0.00814. The van der Waals surface area contributed by atoms with Crippen molar-refractivity contribution in [2.24, 2.45) is 0 Å². The number of benzene rings is 1. The minimum Gasteiger partial charge on any atom is -0.487 e. The first-order valence-electron chi connectivity index (χ1n) is 6.19. The SMILES string of the molecule is CNC(C)(C#N)CCCOc1cc(F)c(Br)cc1[N+](=O)[O-]. The highest BCUT2D eigenvalue weighted by atomic mass is 79.9. The molecule has 0 saturated heterocycles. The Balaban J connectivity index is 2.70. The summed E-state index contributed by atoms with van der Waals surface area (Å²) in [4.78, 5) is 10.3. The van der Waals surface area contributed by atoms with Crippen LogP contribution >= 0.6 is 15.9 Å². The highest BCUT2D eigenvalue weighted by molar-refractivity contribution is 9.10. The first-order valence-corrected chi connectivity index (χ1v) is 6.98. The van der Waals surface area contributed by atoms with E-state index in [4.69, 9.17) is 10.00 Å². The van der Waals surface area contributed by atoms with Gasteiger partial charge in [-0.1, -0.05) is 0 Å². The van der Waals surface area contributed by atoms with E-state index in [9.17, 15) is 14.5 Å². The molecule has 0 aliphatic carbocycles. The molecule has 0 heterocycles. The van der Waals surface area contributed by atoms with Crippen LogP contribution in [0.15, 0.2) is 16.6 Å². The molecule has 0 bridgehead atoms. The molecule has 0 fully saturated rings. The Morgan fingerprint density at radius 1 is 1.62 bits per heavy atom. The van der Waals surface area contributed by atoms with Gasteiger partial charge in [0.1, 0.15) is 11.4 Å². The molecule has 114 valence electrons. The van der Waals surface area contributed by atoms with E-state index in [1.807, 2.05) is 0 Å². The van der Waals surface area contributed by atoms with Crippen LogP contribution in [-0.2, 0) is 0 Å². The van der Waals surface area contributed by atoms with Gasteiger partial charge >= 0.3 is 5.69 Å². The predicted molar refractivity (Wildman–Crippen MR) is 78.6 cm³/mol. The summed E-state index contributed by atoms with van der Waals surface area (Å²) in [6.07, 6.45) is 1.01. The first kappa shape index (κ1) is 17.3. The van der Waals surface area contributed by atoms with Crippen LogP contribution in [0.2, 0.25) is 0 Å². The van der Waals surface area contributed by atoms with Crippen molar-refractivity contribution in [2.75, 3.05) is 13.7 Å². The molecule has 0 radical (unpaired) electrons. The average molecular weight is 360 g/mol. The second-order valence-electron chi connectivity index (χ2n) is 4.64. The van der Waals surface area contributed by atoms with E-state index >= 15 is 0 Å². The van der Waals surface area contributed by atoms with Crippen molar-refractivity contribution < 1.29 is 14.1 Å². The van der Waals surface area contributed by atoms with Gasteiger partial charge in [-0.05, 0) is 42.7 Å². The van der Waals surface area contributed by atoms with Crippen molar-refractivity contribution in [3.8, 4) is 11.8 Å². The summed E-state index contributed by atoms with van der Waals surface area (Å²) in [6.45, 7) is 1.90. The second-order valence-corrected chi connectivity index (χ2v) is 5.49. The Kier molecular flexibility index (Phi) is 6.05. The summed E-state index contributed by atoms with van der Waals surface area (Å²) in [5.74, 6) is -0.753. The van der Waals surface area contributed by atoms with Crippen LogP contribution in [0.25, 0.3) is 0 Å². The number of nitrogens with one attached hydrogen (secondary N) is 1. The molecule has 0 aliphatic rings. The van der Waals surface area contributed by atoms with Crippen molar-refractivity contribution in [3.63, 3.8) is 0 Å². The number of halogens is 2. The summed E-state index contributed by atoms with van der Waals surface area (Å²) in [6, 6.07) is 4.17. The lowest BCUT2D eigenvalue weighted by atomic mass is 9.98. The van der Waals surface area contributed by atoms with E-state index in [0.29, 0.717) is 12.8 Å². The zero-order valence-electron chi connectivity index (χ0n) is 11.7. The third kappa shape index (κ3) is 4.65. The molecule has 0 spiro atoms. The Morgan fingerprint density at radius 3 is 2.81 bits per heavy atom. The van der Waals surface area contributed by atoms with Crippen LogP contribution in [0.5, 0.6) is 5.75 Å². The molecule has 1 unspecified atom stereocenters. The lowest BCUT2D eigenvalue weighted by molar-refractivity contribution is -0.386. The molecule has 0 saturated carbocycles. The van der Waals surface area contributed by atoms with Crippen molar-refractivity contribution in [1.29, 1.82) is 5.26 Å². The smallest absolute Gasteiger partial charge is 0.312 e. The molecular formula is C13H15BrFN3O3. The van der Waals surface area contributed by atoms with Crippen LogP contribution < -0.4 is 10.1 Å². The summed E-state index contributed by atoms with van der Waals surface area (Å²) in [7, 11) is 1.68. The zero-order valence-corrected chi connectivity index (χ0v) is 13.2. The number of nitro benzene ring substituents is 1.